The van der Waals surface area contributed by atoms with Gasteiger partial charge in [-0.1, -0.05) is 17.9 Å². The molecule has 2 unspecified atom stereocenters. The maximum absolute atomic E-state index is 14.3. The van der Waals surface area contributed by atoms with E-state index in [-0.39, 0.29) is 41.4 Å². The Morgan fingerprint density at radius 3 is 2.68 bits per heavy atom. The number of alkyl halides is 2. The molecule has 0 spiro atoms. The number of hydrogen-bond acceptors (Lipinski definition) is 11. The number of piperidine rings is 2. The van der Waals surface area contributed by atoms with Gasteiger partial charge in [-0.15, -0.1) is 0 Å². The summed E-state index contributed by atoms with van der Waals surface area (Å²) in [6, 6.07) is 11.4. The minimum Gasteiger partial charge on any atom is -0.374 e. The minimum absolute atomic E-state index is 0.000301. The lowest BCUT2D eigenvalue weighted by Gasteiger charge is -2.36. The molecule has 5 aromatic heterocycles. The highest BCUT2D eigenvalue weighted by atomic mass is 19.3. The first kappa shape index (κ1) is 41.7. The quantitative estimate of drug-likeness (QED) is 0.146. The molecule has 18 heteroatoms. The molecule has 1 aliphatic carbocycles. The van der Waals surface area contributed by atoms with Crippen LogP contribution in [0.5, 0.6) is 0 Å². The molecule has 338 valence electrons. The second-order valence-electron chi connectivity index (χ2n) is 18.1. The number of nitrogens with one attached hydrogen (secondary N) is 2. The number of hydrogen-bond donors (Lipinski definition) is 3. The number of aromatic nitrogens is 7. The van der Waals surface area contributed by atoms with Gasteiger partial charge in [-0.05, 0) is 94.0 Å². The molecule has 2 amide bonds. The monoisotopic (exact) mass is 887 g/mol. The molecular formula is C47H51F2N11O5. The third kappa shape index (κ3) is 8.08. The Morgan fingerprint density at radius 2 is 1.89 bits per heavy atom. The molecule has 1 aromatic carbocycles. The van der Waals surface area contributed by atoms with Gasteiger partial charge in [0.05, 0.1) is 48.3 Å². The van der Waals surface area contributed by atoms with Gasteiger partial charge in [-0.2, -0.15) is 10.2 Å². The standard InChI is InChI=1S/C47H51F2N11O5/c48-43(49)42-36(52-46(62)35-23-51-58-20-16-39(53-45(35)58)57-25-33-22-31(57)27-65-33)26-59(55-42)30-10-8-28(9-11-30)24-56-18-14-32(15-19-56)64-21-3-5-29-4-1-7-37-41(29)34-6-2-17-50-44(34)60(37)38-12-13-40(61)54-47(38)63/h1-2,4,6-7,16-17,20,23,26,28,30-33,38,40,43,61H,8-15,18-19,21-22,24-25,27H2,(H,52,62)(H,54,63)/t28-,30-,31-,33-,38?,40?/m1/s1. The van der Waals surface area contributed by atoms with Gasteiger partial charge in [-0.25, -0.2) is 23.3 Å². The van der Waals surface area contributed by atoms with Gasteiger partial charge >= 0.3 is 0 Å². The van der Waals surface area contributed by atoms with Crippen LogP contribution in [0.1, 0.15) is 97.9 Å². The van der Waals surface area contributed by atoms with Crippen LogP contribution in [0, 0.1) is 17.8 Å². The van der Waals surface area contributed by atoms with E-state index in [0.29, 0.717) is 37.6 Å². The van der Waals surface area contributed by atoms with Crippen LogP contribution in [0.2, 0.25) is 0 Å². The lowest BCUT2D eigenvalue weighted by molar-refractivity contribution is -0.130. The number of nitrogens with zero attached hydrogens (tertiary/aromatic N) is 9. The number of anilines is 2. The van der Waals surface area contributed by atoms with Gasteiger partial charge in [-0.3, -0.25) is 14.3 Å². The normalized spacial score (nSPS) is 25.2. The first-order valence-electron chi connectivity index (χ1n) is 22.8. The number of morpholine rings is 1. The number of likely N-dealkylation sites (tertiary alicyclic amines) is 1. The van der Waals surface area contributed by atoms with Gasteiger partial charge in [0, 0.05) is 61.1 Å². The van der Waals surface area contributed by atoms with E-state index in [0.717, 1.165) is 104 Å². The van der Waals surface area contributed by atoms with Gasteiger partial charge in [0.2, 0.25) is 5.91 Å². The number of aliphatic hydroxyl groups excluding tert-OH is 1. The fraction of sp³-hybridized carbons (Fsp3) is 0.489. The second-order valence-corrected chi connectivity index (χ2v) is 18.1. The van der Waals surface area contributed by atoms with E-state index in [1.54, 1.807) is 23.3 Å². The molecule has 4 atom stereocenters. The van der Waals surface area contributed by atoms with Crippen molar-refractivity contribution in [2.24, 2.45) is 5.92 Å². The Hall–Kier alpha value is -6.00. The zero-order chi connectivity index (χ0) is 44.2. The van der Waals surface area contributed by atoms with E-state index in [1.165, 1.54) is 10.7 Å². The molecule has 4 aliphatic heterocycles. The molecule has 9 heterocycles. The molecule has 5 fully saturated rings. The fourth-order valence-electron chi connectivity index (χ4n) is 10.8. The summed E-state index contributed by atoms with van der Waals surface area (Å²) in [7, 11) is 0. The van der Waals surface area contributed by atoms with Crippen molar-refractivity contribution in [3.05, 3.63) is 78.0 Å². The van der Waals surface area contributed by atoms with Crippen LogP contribution in [0.15, 0.2) is 61.2 Å². The maximum atomic E-state index is 14.3. The van der Waals surface area contributed by atoms with Crippen LogP contribution < -0.4 is 15.5 Å². The van der Waals surface area contributed by atoms with Crippen LogP contribution in [-0.4, -0.2) is 120 Å². The highest BCUT2D eigenvalue weighted by Gasteiger charge is 2.40. The van der Waals surface area contributed by atoms with Crippen LogP contribution in [-0.2, 0) is 14.3 Å². The Bertz CT molecular complexity index is 2820. The van der Waals surface area contributed by atoms with Crippen LogP contribution in [0.3, 0.4) is 0 Å². The molecule has 0 radical (unpaired) electrons. The summed E-state index contributed by atoms with van der Waals surface area (Å²) in [5.74, 6) is 7.03. The van der Waals surface area contributed by atoms with Crippen molar-refractivity contribution in [3.8, 4) is 11.8 Å². The number of rotatable bonds is 10. The van der Waals surface area contributed by atoms with Crippen LogP contribution in [0.25, 0.3) is 27.6 Å². The van der Waals surface area contributed by atoms with Crippen molar-refractivity contribution in [1.29, 1.82) is 0 Å². The van der Waals surface area contributed by atoms with E-state index < -0.39 is 30.3 Å². The molecule has 6 aromatic rings. The third-order valence-corrected chi connectivity index (χ3v) is 14.1. The lowest BCUT2D eigenvalue weighted by atomic mass is 9.85. The van der Waals surface area contributed by atoms with Crippen LogP contribution >= 0.6 is 0 Å². The number of fused-ring (bicyclic) bond motifs is 6. The van der Waals surface area contributed by atoms with Gasteiger partial charge in [0.15, 0.2) is 11.3 Å². The van der Waals surface area contributed by atoms with Crippen molar-refractivity contribution in [2.75, 3.05) is 49.6 Å². The Balaban J connectivity index is 0.666. The van der Waals surface area contributed by atoms with Crippen molar-refractivity contribution >= 4 is 50.9 Å². The van der Waals surface area contributed by atoms with Crippen molar-refractivity contribution < 1.29 is 33.0 Å². The summed E-state index contributed by atoms with van der Waals surface area (Å²) in [6.07, 6.45) is 10.4. The smallest absolute Gasteiger partial charge is 0.284 e. The number of carbonyl (C=O) groups excluding carboxylic acids is 2. The summed E-state index contributed by atoms with van der Waals surface area (Å²) in [4.78, 5) is 40.6. The third-order valence-electron chi connectivity index (χ3n) is 14.1. The minimum atomic E-state index is -2.86. The Kier molecular flexibility index (Phi) is 11.2. The highest BCUT2D eigenvalue weighted by molar-refractivity contribution is 6.10. The highest BCUT2D eigenvalue weighted by Crippen LogP contribution is 2.38. The van der Waals surface area contributed by atoms with Crippen molar-refractivity contribution in [2.45, 2.75) is 101 Å². The number of aliphatic hydroxyl groups is 1. The summed E-state index contributed by atoms with van der Waals surface area (Å²) in [5.41, 5.74) is 2.57. The zero-order valence-electron chi connectivity index (χ0n) is 35.9. The molecular weight excluding hydrogens is 837 g/mol. The van der Waals surface area contributed by atoms with Gasteiger partial charge in [0.1, 0.15) is 35.9 Å². The summed E-state index contributed by atoms with van der Waals surface area (Å²) < 4.78 is 45.7. The molecule has 11 rings (SSSR count). The van der Waals surface area contributed by atoms with E-state index in [9.17, 15) is 23.5 Å². The van der Waals surface area contributed by atoms with E-state index in [2.05, 4.69) is 47.5 Å². The average Bonchev–Trinajstić information content (AvgIpc) is 4.17. The molecule has 3 N–H and O–H groups in total. The van der Waals surface area contributed by atoms with Crippen molar-refractivity contribution in [1.82, 2.24) is 44.1 Å². The first-order chi connectivity index (χ1) is 31.7. The summed E-state index contributed by atoms with van der Waals surface area (Å²) >= 11 is 0. The predicted molar refractivity (Wildman–Crippen MR) is 237 cm³/mol. The van der Waals surface area contributed by atoms with Crippen LogP contribution in [0.4, 0.5) is 20.3 Å². The lowest BCUT2D eigenvalue weighted by Crippen LogP contribution is -2.44. The molecule has 2 bridgehead atoms. The zero-order valence-corrected chi connectivity index (χ0v) is 35.9. The van der Waals surface area contributed by atoms with Crippen molar-refractivity contribution in [3.63, 3.8) is 0 Å². The number of amides is 2. The summed E-state index contributed by atoms with van der Waals surface area (Å²) in [5, 5.41) is 25.8. The predicted octanol–water partition coefficient (Wildman–Crippen LogP) is 5.63. The number of benzene rings is 1. The molecule has 65 heavy (non-hydrogen) atoms. The number of halogens is 2. The molecule has 4 saturated heterocycles. The molecule has 5 aliphatic rings. The van der Waals surface area contributed by atoms with Gasteiger partial charge in [0.25, 0.3) is 12.3 Å². The number of carbonyl (C=O) groups is 2. The van der Waals surface area contributed by atoms with E-state index >= 15 is 0 Å². The maximum Gasteiger partial charge on any atom is 0.284 e. The fourth-order valence-corrected chi connectivity index (χ4v) is 10.8. The molecule has 1 saturated carbocycles. The van der Waals surface area contributed by atoms with E-state index in [1.807, 2.05) is 41.0 Å². The first-order valence-corrected chi connectivity index (χ1v) is 22.8. The average molecular weight is 888 g/mol. The second kappa shape index (κ2) is 17.4. The Morgan fingerprint density at radius 1 is 1.03 bits per heavy atom. The SMILES string of the molecule is O=C(Nc1cn([C@H]2CC[C@H](CN3CCC(OCC#Cc4cccc5c4c4cccnc4n5C4CCC(O)NC4=O)CC3)CC2)nc1C(F)F)c1cnn2ccc(N3C[C@H]4C[C@@H]3CO4)nc12. The number of pyridine rings is 1. The van der Waals surface area contributed by atoms with E-state index in [4.69, 9.17) is 14.5 Å². The summed E-state index contributed by atoms with van der Waals surface area (Å²) in [6.45, 7) is 4.56. The Labute approximate surface area is 373 Å². The molecule has 16 nitrogen and oxygen atoms in total. The topological polar surface area (TPSA) is 169 Å². The van der Waals surface area contributed by atoms with Gasteiger partial charge < -0.3 is 39.6 Å². The number of ether oxygens (including phenoxy) is 2. The largest absolute Gasteiger partial charge is 0.374 e.